The molecule has 1 heterocycles. The summed E-state index contributed by atoms with van der Waals surface area (Å²) in [6, 6.07) is 5.44. The second kappa shape index (κ2) is 8.64. The van der Waals surface area contributed by atoms with Gasteiger partial charge in [0.25, 0.3) is 0 Å². The third-order valence-corrected chi connectivity index (χ3v) is 4.08. The summed E-state index contributed by atoms with van der Waals surface area (Å²) in [6.45, 7) is 3.32. The van der Waals surface area contributed by atoms with Gasteiger partial charge in [-0.25, -0.2) is 4.98 Å². The van der Waals surface area contributed by atoms with E-state index in [9.17, 15) is 4.79 Å². The van der Waals surface area contributed by atoms with Crippen molar-refractivity contribution in [2.45, 2.75) is 13.8 Å². The fourth-order valence-electron chi connectivity index (χ4n) is 1.87. The van der Waals surface area contributed by atoms with E-state index in [4.69, 9.17) is 9.47 Å². The zero-order valence-corrected chi connectivity index (χ0v) is 15.8. The second-order valence-electron chi connectivity index (χ2n) is 4.47. The summed E-state index contributed by atoms with van der Waals surface area (Å²) in [4.78, 5) is 16.3. The first-order valence-electron chi connectivity index (χ1n) is 6.54. The van der Waals surface area contributed by atoms with Gasteiger partial charge in [0.05, 0.1) is 31.0 Å². The van der Waals surface area contributed by atoms with E-state index in [2.05, 4.69) is 15.5 Å². The van der Waals surface area contributed by atoms with Crippen molar-refractivity contribution in [3.63, 3.8) is 0 Å². The number of benzene rings is 1. The molecular formula is C15H18BrN3O3S. The predicted molar refractivity (Wildman–Crippen MR) is 97.9 cm³/mol. The highest BCUT2D eigenvalue weighted by Crippen LogP contribution is 2.24. The Labute approximate surface area is 149 Å². The van der Waals surface area contributed by atoms with E-state index >= 15 is 0 Å². The predicted octanol–water partition coefficient (Wildman–Crippen LogP) is 3.70. The highest BCUT2D eigenvalue weighted by molar-refractivity contribution is 8.93. The SMILES string of the molecule is Br.COc1ccc(OC)c(C=NNc2nc(C)c(C(C)=O)s2)c1. The van der Waals surface area contributed by atoms with Crippen LogP contribution >= 0.6 is 28.3 Å². The van der Waals surface area contributed by atoms with Crippen molar-refractivity contribution in [2.24, 2.45) is 5.10 Å². The van der Waals surface area contributed by atoms with Gasteiger partial charge in [0, 0.05) is 12.5 Å². The number of anilines is 1. The maximum Gasteiger partial charge on any atom is 0.204 e. The summed E-state index contributed by atoms with van der Waals surface area (Å²) in [6.07, 6.45) is 1.62. The first kappa shape index (κ1) is 19.1. The van der Waals surface area contributed by atoms with Gasteiger partial charge in [-0.05, 0) is 25.1 Å². The third kappa shape index (κ3) is 4.77. The minimum absolute atomic E-state index is 0. The molecule has 0 atom stereocenters. The molecule has 0 aliphatic heterocycles. The molecule has 0 spiro atoms. The molecule has 0 amide bonds. The molecule has 124 valence electrons. The summed E-state index contributed by atoms with van der Waals surface area (Å²) in [5.74, 6) is 1.40. The lowest BCUT2D eigenvalue weighted by molar-refractivity contribution is 0.102. The Morgan fingerprint density at radius 2 is 2.09 bits per heavy atom. The van der Waals surface area contributed by atoms with E-state index in [0.29, 0.717) is 27.2 Å². The molecule has 2 aromatic rings. The monoisotopic (exact) mass is 399 g/mol. The molecule has 1 aromatic carbocycles. The van der Waals surface area contributed by atoms with Crippen molar-refractivity contribution in [1.29, 1.82) is 0 Å². The Hall–Kier alpha value is -1.93. The van der Waals surface area contributed by atoms with Crippen LogP contribution in [-0.2, 0) is 0 Å². The van der Waals surface area contributed by atoms with Crippen LogP contribution in [0.3, 0.4) is 0 Å². The molecule has 0 aliphatic rings. The summed E-state index contributed by atoms with van der Waals surface area (Å²) in [5.41, 5.74) is 4.30. The first-order chi connectivity index (χ1) is 10.5. The van der Waals surface area contributed by atoms with Gasteiger partial charge in [0.1, 0.15) is 11.5 Å². The van der Waals surface area contributed by atoms with Crippen LogP contribution in [0.1, 0.15) is 27.9 Å². The molecule has 23 heavy (non-hydrogen) atoms. The number of carbonyl (C=O) groups is 1. The molecule has 8 heteroatoms. The average Bonchev–Trinajstić information content (AvgIpc) is 2.88. The molecule has 0 fully saturated rings. The standard InChI is InChI=1S/C15H17N3O3S.BrH/c1-9-14(10(2)19)22-15(17-9)18-16-8-11-7-12(20-3)5-6-13(11)21-4;/h5-8H,1-4H3,(H,17,18);1H. The van der Waals surface area contributed by atoms with Crippen molar-refractivity contribution >= 4 is 45.4 Å². The smallest absolute Gasteiger partial charge is 0.204 e. The number of hydrogen-bond acceptors (Lipinski definition) is 7. The fourth-order valence-corrected chi connectivity index (χ4v) is 2.68. The van der Waals surface area contributed by atoms with Gasteiger partial charge in [-0.3, -0.25) is 10.2 Å². The number of hydrogen-bond donors (Lipinski definition) is 1. The zero-order valence-electron chi connectivity index (χ0n) is 13.2. The Balaban J connectivity index is 0.00000264. The normalized spacial score (nSPS) is 10.3. The van der Waals surface area contributed by atoms with E-state index < -0.39 is 0 Å². The molecule has 1 N–H and O–H groups in total. The number of thiazole rings is 1. The molecule has 2 rings (SSSR count). The molecule has 6 nitrogen and oxygen atoms in total. The summed E-state index contributed by atoms with van der Waals surface area (Å²) in [5, 5.41) is 4.71. The number of rotatable bonds is 6. The minimum atomic E-state index is 0. The van der Waals surface area contributed by atoms with E-state index in [1.54, 1.807) is 27.4 Å². The fraction of sp³-hybridized carbons (Fsp3) is 0.267. The number of Topliss-reactive ketones (excluding diaryl/α,β-unsaturated/α-hetero) is 1. The van der Waals surface area contributed by atoms with Crippen LogP contribution in [-0.4, -0.2) is 31.2 Å². The number of ether oxygens (including phenoxy) is 2. The molecule has 0 aliphatic carbocycles. The van der Waals surface area contributed by atoms with E-state index in [0.717, 1.165) is 5.56 Å². The Bertz CT molecular complexity index is 716. The summed E-state index contributed by atoms with van der Waals surface area (Å²) < 4.78 is 10.4. The van der Waals surface area contributed by atoms with Crippen LogP contribution < -0.4 is 14.9 Å². The van der Waals surface area contributed by atoms with Crippen LogP contribution in [0.15, 0.2) is 23.3 Å². The summed E-state index contributed by atoms with van der Waals surface area (Å²) >= 11 is 1.28. The van der Waals surface area contributed by atoms with E-state index in [1.807, 2.05) is 18.2 Å². The lowest BCUT2D eigenvalue weighted by atomic mass is 10.2. The molecule has 0 saturated heterocycles. The maximum atomic E-state index is 11.4. The van der Waals surface area contributed by atoms with Gasteiger partial charge in [-0.15, -0.1) is 17.0 Å². The molecule has 0 saturated carbocycles. The molecule has 0 radical (unpaired) electrons. The largest absolute Gasteiger partial charge is 0.497 e. The van der Waals surface area contributed by atoms with Crippen LogP contribution in [0.4, 0.5) is 5.13 Å². The van der Waals surface area contributed by atoms with Crippen LogP contribution in [0.25, 0.3) is 0 Å². The van der Waals surface area contributed by atoms with Gasteiger partial charge in [0.15, 0.2) is 5.78 Å². The summed E-state index contributed by atoms with van der Waals surface area (Å²) in [7, 11) is 3.19. The highest BCUT2D eigenvalue weighted by Gasteiger charge is 2.10. The third-order valence-electron chi connectivity index (χ3n) is 2.92. The zero-order chi connectivity index (χ0) is 16.1. The minimum Gasteiger partial charge on any atom is -0.497 e. The number of ketones is 1. The van der Waals surface area contributed by atoms with Crippen LogP contribution in [0.5, 0.6) is 11.5 Å². The van der Waals surface area contributed by atoms with Gasteiger partial charge < -0.3 is 9.47 Å². The van der Waals surface area contributed by atoms with Crippen LogP contribution in [0, 0.1) is 6.92 Å². The number of nitrogens with zero attached hydrogens (tertiary/aromatic N) is 2. The number of aromatic nitrogens is 1. The van der Waals surface area contributed by atoms with Crippen molar-refractivity contribution in [3.05, 3.63) is 34.3 Å². The van der Waals surface area contributed by atoms with Crippen molar-refractivity contribution in [2.75, 3.05) is 19.6 Å². The average molecular weight is 400 g/mol. The number of hydrazone groups is 1. The van der Waals surface area contributed by atoms with Crippen LogP contribution in [0.2, 0.25) is 0 Å². The number of halogens is 1. The topological polar surface area (TPSA) is 72.8 Å². The Kier molecular flexibility index (Phi) is 7.18. The number of nitrogens with one attached hydrogen (secondary N) is 1. The molecule has 1 aromatic heterocycles. The van der Waals surface area contributed by atoms with Crippen molar-refractivity contribution < 1.29 is 14.3 Å². The van der Waals surface area contributed by atoms with Gasteiger partial charge in [-0.2, -0.15) is 5.10 Å². The Morgan fingerprint density at radius 3 is 2.65 bits per heavy atom. The van der Waals surface area contributed by atoms with Gasteiger partial charge >= 0.3 is 0 Å². The molecule has 0 bridgehead atoms. The van der Waals surface area contributed by atoms with Gasteiger partial charge in [0.2, 0.25) is 5.13 Å². The van der Waals surface area contributed by atoms with Crippen molar-refractivity contribution in [1.82, 2.24) is 4.98 Å². The number of aryl methyl sites for hydroxylation is 1. The number of methoxy groups -OCH3 is 2. The maximum absolute atomic E-state index is 11.4. The Morgan fingerprint density at radius 1 is 1.35 bits per heavy atom. The lowest BCUT2D eigenvalue weighted by Crippen LogP contribution is -1.95. The van der Waals surface area contributed by atoms with Crippen molar-refractivity contribution in [3.8, 4) is 11.5 Å². The highest BCUT2D eigenvalue weighted by atomic mass is 79.9. The first-order valence-corrected chi connectivity index (χ1v) is 7.36. The van der Waals surface area contributed by atoms with Gasteiger partial charge in [-0.1, -0.05) is 11.3 Å². The van der Waals surface area contributed by atoms with E-state index in [1.165, 1.54) is 18.3 Å². The number of carbonyl (C=O) groups excluding carboxylic acids is 1. The second-order valence-corrected chi connectivity index (χ2v) is 5.47. The van der Waals surface area contributed by atoms with E-state index in [-0.39, 0.29) is 22.8 Å². The molecular weight excluding hydrogens is 382 g/mol. The quantitative estimate of drug-likeness (QED) is 0.455. The lowest BCUT2D eigenvalue weighted by Gasteiger charge is -2.06. The molecule has 0 unspecified atom stereocenters.